The molecule has 4 nitrogen and oxygen atoms in total. The largest absolute Gasteiger partial charge is 0.479 e. The summed E-state index contributed by atoms with van der Waals surface area (Å²) in [4.78, 5) is 9.45. The lowest BCUT2D eigenvalue weighted by atomic mass is 10.4. The Balaban J connectivity index is -0.000000125. The standard InChI is InChI=1S/C3H6O3.Al.H3N.3H/c1-2(4)3(5)6;;;;;/h2,4H,1H3,(H,5,6);;1H3;;;. The molecule has 0 aliphatic rings. The van der Waals surface area contributed by atoms with Crippen LogP contribution in [0.25, 0.3) is 0 Å². The van der Waals surface area contributed by atoms with Gasteiger partial charge in [-0.25, -0.2) is 4.79 Å². The molecule has 0 saturated carbocycles. The second-order valence-electron chi connectivity index (χ2n) is 1.01. The summed E-state index contributed by atoms with van der Waals surface area (Å²) in [5.41, 5.74) is 0. The first-order chi connectivity index (χ1) is 2.64. The molecule has 0 heterocycles. The number of carbonyl (C=O) groups is 1. The van der Waals surface area contributed by atoms with E-state index in [1.165, 1.54) is 6.92 Å². The highest BCUT2D eigenvalue weighted by molar-refractivity contribution is 5.75. The molecule has 1 unspecified atom stereocenters. The zero-order valence-corrected chi connectivity index (χ0v) is 4.09. The molecule has 0 fully saturated rings. The molecule has 0 aromatic heterocycles. The van der Waals surface area contributed by atoms with Gasteiger partial charge >= 0.3 is 5.97 Å². The van der Waals surface area contributed by atoms with E-state index in [2.05, 4.69) is 0 Å². The monoisotopic (exact) mass is 137 g/mol. The van der Waals surface area contributed by atoms with Crippen molar-refractivity contribution in [1.82, 2.24) is 6.15 Å². The fourth-order valence-electron chi connectivity index (χ4n) is 0. The predicted molar refractivity (Wildman–Crippen MR) is 34.3 cm³/mol. The van der Waals surface area contributed by atoms with E-state index in [-0.39, 0.29) is 23.5 Å². The van der Waals surface area contributed by atoms with Crippen LogP contribution in [0, 0.1) is 0 Å². The molecular weight excluding hydrogens is 125 g/mol. The summed E-state index contributed by atoms with van der Waals surface area (Å²) >= 11 is 0. The second kappa shape index (κ2) is 6.92. The Morgan fingerprint density at radius 2 is 1.75 bits per heavy atom. The van der Waals surface area contributed by atoms with Crippen LogP contribution in [0.1, 0.15) is 6.92 Å². The molecular formula is C3H12AlNO3. The Morgan fingerprint density at radius 3 is 1.75 bits per heavy atom. The highest BCUT2D eigenvalue weighted by Crippen LogP contribution is 1.73. The van der Waals surface area contributed by atoms with E-state index in [4.69, 9.17) is 10.2 Å². The maximum absolute atomic E-state index is 9.45. The van der Waals surface area contributed by atoms with Crippen LogP contribution in [0.4, 0.5) is 0 Å². The zero-order valence-electron chi connectivity index (χ0n) is 4.09. The van der Waals surface area contributed by atoms with Gasteiger partial charge in [-0.2, -0.15) is 0 Å². The topological polar surface area (TPSA) is 92.5 Å². The van der Waals surface area contributed by atoms with Gasteiger partial charge in [-0.1, -0.05) is 0 Å². The van der Waals surface area contributed by atoms with Crippen LogP contribution in [0.5, 0.6) is 0 Å². The molecule has 0 aliphatic heterocycles. The maximum Gasteiger partial charge on any atom is 0.332 e. The molecule has 0 radical (unpaired) electrons. The molecule has 0 saturated heterocycles. The van der Waals surface area contributed by atoms with Gasteiger partial charge in [0.2, 0.25) is 0 Å². The predicted octanol–water partition coefficient (Wildman–Crippen LogP) is -1.57. The van der Waals surface area contributed by atoms with Gasteiger partial charge in [0, 0.05) is 0 Å². The number of carboxylic acid groups (broad SMARTS) is 1. The van der Waals surface area contributed by atoms with Crippen molar-refractivity contribution < 1.29 is 15.0 Å². The molecule has 0 aliphatic carbocycles. The average Bonchev–Trinajstić information content (AvgIpc) is 1.36. The molecule has 50 valence electrons. The van der Waals surface area contributed by atoms with Gasteiger partial charge in [0.1, 0.15) is 6.10 Å². The summed E-state index contributed by atoms with van der Waals surface area (Å²) in [5, 5.41) is 15.8. The van der Waals surface area contributed by atoms with Gasteiger partial charge in [0.25, 0.3) is 0 Å². The number of aliphatic hydroxyl groups excluding tert-OH is 1. The minimum Gasteiger partial charge on any atom is -0.479 e. The first-order valence-corrected chi connectivity index (χ1v) is 1.55. The molecule has 0 spiro atoms. The van der Waals surface area contributed by atoms with Gasteiger partial charge in [-0.05, 0) is 6.92 Å². The minimum atomic E-state index is -1.23. The fourth-order valence-corrected chi connectivity index (χ4v) is 0. The van der Waals surface area contributed by atoms with E-state index in [1.807, 2.05) is 0 Å². The summed E-state index contributed by atoms with van der Waals surface area (Å²) in [6.45, 7) is 1.20. The Morgan fingerprint density at radius 1 is 1.62 bits per heavy atom. The second-order valence-corrected chi connectivity index (χ2v) is 1.01. The molecule has 0 amide bonds. The first-order valence-electron chi connectivity index (χ1n) is 1.55. The van der Waals surface area contributed by atoms with Crippen LogP contribution in [-0.4, -0.2) is 39.6 Å². The van der Waals surface area contributed by atoms with Crippen molar-refractivity contribution in [1.29, 1.82) is 0 Å². The maximum atomic E-state index is 9.45. The van der Waals surface area contributed by atoms with Crippen molar-refractivity contribution in [2.75, 3.05) is 0 Å². The third-order valence-electron chi connectivity index (χ3n) is 0.357. The number of aliphatic hydroxyl groups is 1. The molecule has 5 heteroatoms. The van der Waals surface area contributed by atoms with Crippen LogP contribution in [0.2, 0.25) is 0 Å². The molecule has 0 aromatic carbocycles. The molecule has 0 aromatic rings. The third-order valence-corrected chi connectivity index (χ3v) is 0.357. The van der Waals surface area contributed by atoms with E-state index in [0.717, 1.165) is 0 Å². The average molecular weight is 137 g/mol. The molecule has 1 atom stereocenters. The van der Waals surface area contributed by atoms with Gasteiger partial charge in [-0.3, -0.25) is 0 Å². The van der Waals surface area contributed by atoms with Crippen LogP contribution >= 0.6 is 0 Å². The van der Waals surface area contributed by atoms with Crippen molar-refractivity contribution in [3.63, 3.8) is 0 Å². The molecule has 0 rings (SSSR count). The van der Waals surface area contributed by atoms with Crippen molar-refractivity contribution in [3.05, 3.63) is 0 Å². The zero-order chi connectivity index (χ0) is 5.15. The third kappa shape index (κ3) is 9.33. The summed E-state index contributed by atoms with van der Waals surface area (Å²) in [5.74, 6) is -1.19. The summed E-state index contributed by atoms with van der Waals surface area (Å²) in [6, 6.07) is 0. The Hall–Kier alpha value is -0.0775. The van der Waals surface area contributed by atoms with Crippen molar-refractivity contribution >= 4 is 23.3 Å². The van der Waals surface area contributed by atoms with E-state index in [1.54, 1.807) is 0 Å². The highest BCUT2D eigenvalue weighted by atomic mass is 27.0. The van der Waals surface area contributed by atoms with Crippen LogP contribution in [0.3, 0.4) is 0 Å². The lowest BCUT2D eigenvalue weighted by Gasteiger charge is -1.89. The van der Waals surface area contributed by atoms with E-state index < -0.39 is 12.1 Å². The summed E-state index contributed by atoms with van der Waals surface area (Å²) in [6.07, 6.45) is -1.23. The first kappa shape index (κ1) is 15.7. The summed E-state index contributed by atoms with van der Waals surface area (Å²) in [7, 11) is 0. The lowest BCUT2D eigenvalue weighted by Crippen LogP contribution is -2.13. The Kier molecular flexibility index (Phi) is 13.6. The van der Waals surface area contributed by atoms with Gasteiger partial charge < -0.3 is 16.4 Å². The highest BCUT2D eigenvalue weighted by Gasteiger charge is 2.01. The SMILES string of the molecule is CC(O)C(=O)O.N.[AlH3]. The molecule has 0 bridgehead atoms. The number of hydrogen-bond acceptors (Lipinski definition) is 3. The molecule has 5 N–H and O–H groups in total. The fraction of sp³-hybridized carbons (Fsp3) is 0.667. The molecule has 8 heavy (non-hydrogen) atoms. The normalized spacial score (nSPS) is 10.2. The Bertz CT molecular complexity index is 65.5. The van der Waals surface area contributed by atoms with Crippen LogP contribution in [-0.2, 0) is 4.79 Å². The van der Waals surface area contributed by atoms with E-state index in [9.17, 15) is 4.79 Å². The minimum absolute atomic E-state index is 0. The Labute approximate surface area is 58.2 Å². The smallest absolute Gasteiger partial charge is 0.332 e. The van der Waals surface area contributed by atoms with E-state index in [0.29, 0.717) is 0 Å². The lowest BCUT2D eigenvalue weighted by molar-refractivity contribution is -0.145. The summed E-state index contributed by atoms with van der Waals surface area (Å²) < 4.78 is 0. The van der Waals surface area contributed by atoms with Gasteiger partial charge in [0.05, 0.1) is 0 Å². The quantitative estimate of drug-likeness (QED) is 0.381. The van der Waals surface area contributed by atoms with Gasteiger partial charge in [0.15, 0.2) is 17.4 Å². The number of hydrogen-bond donors (Lipinski definition) is 3. The number of rotatable bonds is 1. The number of aliphatic carboxylic acids is 1. The van der Waals surface area contributed by atoms with Crippen LogP contribution in [0.15, 0.2) is 0 Å². The van der Waals surface area contributed by atoms with Crippen molar-refractivity contribution in [2.45, 2.75) is 13.0 Å². The van der Waals surface area contributed by atoms with E-state index >= 15 is 0 Å². The van der Waals surface area contributed by atoms with Crippen molar-refractivity contribution in [3.8, 4) is 0 Å². The number of carboxylic acids is 1. The van der Waals surface area contributed by atoms with Crippen LogP contribution < -0.4 is 6.15 Å². The van der Waals surface area contributed by atoms with Crippen molar-refractivity contribution in [2.24, 2.45) is 0 Å². The van der Waals surface area contributed by atoms with Gasteiger partial charge in [-0.15, -0.1) is 0 Å².